The summed E-state index contributed by atoms with van der Waals surface area (Å²) in [7, 11) is 3.16. The zero-order valence-corrected chi connectivity index (χ0v) is 14.7. The average molecular weight is 343 g/mol. The molecular weight excluding hydrogens is 320 g/mol. The van der Waals surface area contributed by atoms with Gasteiger partial charge in [0.2, 0.25) is 0 Å². The summed E-state index contributed by atoms with van der Waals surface area (Å²) in [4.78, 5) is 11.6. The van der Waals surface area contributed by atoms with Gasteiger partial charge in [-0.2, -0.15) is 0 Å². The summed E-state index contributed by atoms with van der Waals surface area (Å²) in [5, 5.41) is 0.244. The standard InChI is InChI=1S/C17H23ClO3S/c1-20-15-9-14(18)16(21-2)8-13(15)17(10-19)22-11-12-6-4-3-5-7-12/h8-10,12,17H,3-7,11H2,1-2H3. The summed E-state index contributed by atoms with van der Waals surface area (Å²) in [5.74, 6) is 2.94. The minimum absolute atomic E-state index is 0.247. The Balaban J connectivity index is 2.13. The number of thioether (sulfide) groups is 1. The van der Waals surface area contributed by atoms with Crippen LogP contribution in [0.5, 0.6) is 11.5 Å². The molecule has 0 heterocycles. The first kappa shape index (κ1) is 17.5. The molecule has 1 aromatic carbocycles. The van der Waals surface area contributed by atoms with Crippen LogP contribution in [0.15, 0.2) is 12.1 Å². The van der Waals surface area contributed by atoms with Gasteiger partial charge < -0.3 is 14.3 Å². The van der Waals surface area contributed by atoms with Crippen LogP contribution >= 0.6 is 23.4 Å². The van der Waals surface area contributed by atoms with Crippen LogP contribution in [0.4, 0.5) is 0 Å². The monoisotopic (exact) mass is 342 g/mol. The molecule has 1 aliphatic rings. The molecule has 3 nitrogen and oxygen atoms in total. The van der Waals surface area contributed by atoms with Gasteiger partial charge in [-0.3, -0.25) is 0 Å². The Bertz CT molecular complexity index is 501. The van der Waals surface area contributed by atoms with E-state index in [1.165, 1.54) is 32.1 Å². The quantitative estimate of drug-likeness (QED) is 0.659. The van der Waals surface area contributed by atoms with Crippen molar-refractivity contribution < 1.29 is 14.3 Å². The van der Waals surface area contributed by atoms with Crippen LogP contribution in [0.25, 0.3) is 0 Å². The van der Waals surface area contributed by atoms with Gasteiger partial charge in [-0.15, -0.1) is 11.8 Å². The first-order valence-corrected chi connectivity index (χ1v) is 9.10. The van der Waals surface area contributed by atoms with E-state index in [4.69, 9.17) is 21.1 Å². The molecule has 1 saturated carbocycles. The van der Waals surface area contributed by atoms with Crippen LogP contribution in [0.2, 0.25) is 5.02 Å². The van der Waals surface area contributed by atoms with E-state index in [0.29, 0.717) is 16.5 Å². The van der Waals surface area contributed by atoms with E-state index in [2.05, 4.69) is 0 Å². The number of carbonyl (C=O) groups excluding carboxylic acids is 1. The molecule has 0 saturated heterocycles. The van der Waals surface area contributed by atoms with Crippen molar-refractivity contribution in [3.8, 4) is 11.5 Å². The van der Waals surface area contributed by atoms with E-state index < -0.39 is 0 Å². The van der Waals surface area contributed by atoms with E-state index in [9.17, 15) is 4.79 Å². The van der Waals surface area contributed by atoms with E-state index in [0.717, 1.165) is 23.5 Å². The maximum absolute atomic E-state index is 11.6. The fraction of sp³-hybridized carbons (Fsp3) is 0.588. The van der Waals surface area contributed by atoms with E-state index >= 15 is 0 Å². The molecule has 0 radical (unpaired) electrons. The third-order valence-corrected chi connectivity index (χ3v) is 5.85. The minimum Gasteiger partial charge on any atom is -0.496 e. The lowest BCUT2D eigenvalue weighted by molar-refractivity contribution is -0.107. The number of methoxy groups -OCH3 is 2. The number of aldehydes is 1. The Labute approximate surface area is 141 Å². The lowest BCUT2D eigenvalue weighted by Crippen LogP contribution is -2.11. The summed E-state index contributed by atoms with van der Waals surface area (Å²) in [6, 6.07) is 3.53. The van der Waals surface area contributed by atoms with Crippen molar-refractivity contribution in [3.05, 3.63) is 22.7 Å². The maximum Gasteiger partial charge on any atom is 0.138 e. The average Bonchev–Trinajstić information content (AvgIpc) is 2.57. The largest absolute Gasteiger partial charge is 0.496 e. The maximum atomic E-state index is 11.6. The summed E-state index contributed by atoms with van der Waals surface area (Å²) in [5.41, 5.74) is 0.833. The van der Waals surface area contributed by atoms with Gasteiger partial charge in [0, 0.05) is 11.6 Å². The lowest BCUT2D eigenvalue weighted by Gasteiger charge is -2.23. The number of carbonyl (C=O) groups is 1. The van der Waals surface area contributed by atoms with Crippen LogP contribution in [0.1, 0.15) is 42.9 Å². The van der Waals surface area contributed by atoms with Crippen LogP contribution in [0.3, 0.4) is 0 Å². The van der Waals surface area contributed by atoms with Crippen molar-refractivity contribution in [1.29, 1.82) is 0 Å². The van der Waals surface area contributed by atoms with Crippen LogP contribution in [-0.4, -0.2) is 26.3 Å². The summed E-state index contributed by atoms with van der Waals surface area (Å²) in [6.45, 7) is 0. The van der Waals surface area contributed by atoms with Gasteiger partial charge in [0.05, 0.1) is 24.5 Å². The van der Waals surface area contributed by atoms with Crippen molar-refractivity contribution in [2.45, 2.75) is 37.4 Å². The molecule has 0 spiro atoms. The van der Waals surface area contributed by atoms with Crippen LogP contribution in [0, 0.1) is 5.92 Å². The molecule has 0 aliphatic heterocycles. The van der Waals surface area contributed by atoms with Crippen molar-refractivity contribution in [2.24, 2.45) is 5.92 Å². The molecule has 1 fully saturated rings. The highest BCUT2D eigenvalue weighted by Gasteiger charge is 2.21. The molecule has 0 bridgehead atoms. The van der Waals surface area contributed by atoms with Crippen molar-refractivity contribution >= 4 is 29.6 Å². The van der Waals surface area contributed by atoms with Gasteiger partial charge in [0.1, 0.15) is 17.8 Å². The molecule has 2 rings (SSSR count). The molecule has 1 aliphatic carbocycles. The third-order valence-electron chi connectivity index (χ3n) is 4.17. The Hall–Kier alpha value is -0.870. The highest BCUT2D eigenvalue weighted by molar-refractivity contribution is 8.00. The van der Waals surface area contributed by atoms with Gasteiger partial charge in [0.25, 0.3) is 0 Å². The molecule has 1 aromatic rings. The second-order valence-electron chi connectivity index (χ2n) is 5.62. The zero-order valence-electron chi connectivity index (χ0n) is 13.1. The molecular formula is C17H23ClO3S. The molecule has 0 amide bonds. The summed E-state index contributed by atoms with van der Waals surface area (Å²) < 4.78 is 10.6. The number of benzene rings is 1. The first-order chi connectivity index (χ1) is 10.7. The lowest BCUT2D eigenvalue weighted by atomic mass is 9.91. The van der Waals surface area contributed by atoms with Gasteiger partial charge in [0.15, 0.2) is 0 Å². The Morgan fingerprint density at radius 3 is 2.50 bits per heavy atom. The highest BCUT2D eigenvalue weighted by atomic mass is 35.5. The second kappa shape index (κ2) is 8.68. The molecule has 5 heteroatoms. The van der Waals surface area contributed by atoms with Crippen molar-refractivity contribution in [2.75, 3.05) is 20.0 Å². The third kappa shape index (κ3) is 4.32. The predicted octanol–water partition coefficient (Wildman–Crippen LogP) is 4.91. The van der Waals surface area contributed by atoms with Crippen LogP contribution in [-0.2, 0) is 4.79 Å². The normalized spacial score (nSPS) is 17.0. The smallest absolute Gasteiger partial charge is 0.138 e. The fourth-order valence-electron chi connectivity index (χ4n) is 2.90. The number of ether oxygens (including phenoxy) is 2. The number of rotatable bonds is 7. The summed E-state index contributed by atoms with van der Waals surface area (Å²) >= 11 is 7.82. The number of hydrogen-bond acceptors (Lipinski definition) is 4. The molecule has 1 atom stereocenters. The molecule has 22 heavy (non-hydrogen) atoms. The van der Waals surface area contributed by atoms with Crippen LogP contribution < -0.4 is 9.47 Å². The summed E-state index contributed by atoms with van der Waals surface area (Å²) in [6.07, 6.45) is 7.52. The molecule has 122 valence electrons. The minimum atomic E-state index is -0.247. The second-order valence-corrected chi connectivity index (χ2v) is 7.20. The number of halogens is 1. The Morgan fingerprint density at radius 1 is 1.23 bits per heavy atom. The molecule has 1 unspecified atom stereocenters. The molecule has 0 N–H and O–H groups in total. The van der Waals surface area contributed by atoms with E-state index in [1.807, 2.05) is 6.07 Å². The van der Waals surface area contributed by atoms with Gasteiger partial charge in [-0.1, -0.05) is 30.9 Å². The first-order valence-electron chi connectivity index (χ1n) is 7.68. The van der Waals surface area contributed by atoms with Crippen molar-refractivity contribution in [1.82, 2.24) is 0 Å². The fourth-order valence-corrected chi connectivity index (χ4v) is 4.39. The van der Waals surface area contributed by atoms with Gasteiger partial charge >= 0.3 is 0 Å². The predicted molar refractivity (Wildman–Crippen MR) is 92.4 cm³/mol. The highest BCUT2D eigenvalue weighted by Crippen LogP contribution is 2.41. The topological polar surface area (TPSA) is 35.5 Å². The molecule has 0 aromatic heterocycles. The number of hydrogen-bond donors (Lipinski definition) is 0. The Kier molecular flexibility index (Phi) is 6.90. The Morgan fingerprint density at radius 2 is 1.91 bits per heavy atom. The zero-order chi connectivity index (χ0) is 15.9. The van der Waals surface area contributed by atoms with Gasteiger partial charge in [-0.05, 0) is 30.6 Å². The van der Waals surface area contributed by atoms with Crippen molar-refractivity contribution in [3.63, 3.8) is 0 Å². The SMILES string of the molecule is COc1cc(C(C=O)SCC2CCCCC2)c(OC)cc1Cl. The van der Waals surface area contributed by atoms with E-state index in [-0.39, 0.29) is 5.25 Å². The van der Waals surface area contributed by atoms with Gasteiger partial charge in [-0.25, -0.2) is 0 Å². The van der Waals surface area contributed by atoms with E-state index in [1.54, 1.807) is 32.0 Å².